The van der Waals surface area contributed by atoms with E-state index in [4.69, 9.17) is 14.2 Å². The Balaban J connectivity index is 1.91. The van der Waals surface area contributed by atoms with Gasteiger partial charge in [-0.1, -0.05) is 13.3 Å². The van der Waals surface area contributed by atoms with Gasteiger partial charge in [0.25, 0.3) is 0 Å². The van der Waals surface area contributed by atoms with Crippen LogP contribution in [0.15, 0.2) is 0 Å². The Morgan fingerprint density at radius 1 is 1.18 bits per heavy atom. The maximum absolute atomic E-state index is 13.5. The van der Waals surface area contributed by atoms with Crippen LogP contribution >= 0.6 is 0 Å². The molecule has 28 heavy (non-hydrogen) atoms. The van der Waals surface area contributed by atoms with E-state index >= 15 is 0 Å². The third-order valence-electron chi connectivity index (χ3n) is 8.08. The fourth-order valence-electron chi connectivity index (χ4n) is 6.81. The van der Waals surface area contributed by atoms with E-state index < -0.39 is 34.4 Å². The Labute approximate surface area is 164 Å². The molecule has 4 fully saturated rings. The summed E-state index contributed by atoms with van der Waals surface area (Å²) in [4.78, 5) is 51.6. The summed E-state index contributed by atoms with van der Waals surface area (Å²) in [6.07, 6.45) is 3.72. The number of hydrogen-bond donors (Lipinski definition) is 0. The fraction of sp³-hybridized carbons (Fsp3) is 0.810. The first-order valence-electron chi connectivity index (χ1n) is 10.2. The molecule has 7 nitrogen and oxygen atoms in total. The number of ether oxygens (including phenoxy) is 3. The van der Waals surface area contributed by atoms with Crippen LogP contribution in [0.2, 0.25) is 0 Å². The largest absolute Gasteiger partial charge is 0.468 e. The molecule has 0 aromatic heterocycles. The first-order valence-corrected chi connectivity index (χ1v) is 10.2. The summed E-state index contributed by atoms with van der Waals surface area (Å²) in [5.74, 6) is -3.21. The number of fused-ring (bicyclic) bond motifs is 4. The Morgan fingerprint density at radius 2 is 1.89 bits per heavy atom. The van der Waals surface area contributed by atoms with Crippen molar-refractivity contribution in [1.29, 1.82) is 0 Å². The SMILES string of the molecule is COC(=O)C12C(=O)CCC3(OCCO3)C1CC(=O)C1(C)C(CC=O)CCCC12. The molecule has 1 saturated heterocycles. The number of hydrogen-bond acceptors (Lipinski definition) is 7. The molecule has 1 spiro atoms. The number of aldehydes is 1. The van der Waals surface area contributed by atoms with Gasteiger partial charge in [-0.05, 0) is 24.7 Å². The summed E-state index contributed by atoms with van der Waals surface area (Å²) >= 11 is 0. The van der Waals surface area contributed by atoms with Crippen molar-refractivity contribution in [3.8, 4) is 0 Å². The third kappa shape index (κ3) is 2.29. The van der Waals surface area contributed by atoms with E-state index in [-0.39, 0.29) is 36.7 Å². The average molecular weight is 392 g/mol. The molecular weight excluding hydrogens is 364 g/mol. The number of rotatable bonds is 3. The maximum Gasteiger partial charge on any atom is 0.320 e. The molecule has 1 aliphatic heterocycles. The van der Waals surface area contributed by atoms with Crippen molar-refractivity contribution < 1.29 is 33.4 Å². The fourth-order valence-corrected chi connectivity index (χ4v) is 6.81. The minimum atomic E-state index is -1.46. The summed E-state index contributed by atoms with van der Waals surface area (Å²) < 4.78 is 17.1. The molecule has 0 amide bonds. The van der Waals surface area contributed by atoms with Crippen LogP contribution in [0, 0.1) is 28.6 Å². The summed E-state index contributed by atoms with van der Waals surface area (Å²) in [7, 11) is 1.29. The molecule has 0 bridgehead atoms. The molecule has 0 aromatic rings. The van der Waals surface area contributed by atoms with Gasteiger partial charge in [0, 0.05) is 37.0 Å². The van der Waals surface area contributed by atoms with Crippen molar-refractivity contribution in [3.63, 3.8) is 0 Å². The molecule has 154 valence electrons. The van der Waals surface area contributed by atoms with Gasteiger partial charge in [0.2, 0.25) is 0 Å². The summed E-state index contributed by atoms with van der Waals surface area (Å²) in [5, 5.41) is 0. The molecule has 4 rings (SSSR count). The van der Waals surface area contributed by atoms with E-state index in [0.29, 0.717) is 26.1 Å². The second-order valence-electron chi connectivity index (χ2n) is 8.84. The highest BCUT2D eigenvalue weighted by molar-refractivity contribution is 6.08. The Hall–Kier alpha value is -1.60. The standard InChI is InChI=1S/C21H28O7/c1-19-13(7-9-22)4-3-5-14(19)21(18(25)26-2)15(12-17(19)24)20(8-6-16(21)23)27-10-11-28-20/h9,13-15H,3-8,10-12H2,1-2H3. The van der Waals surface area contributed by atoms with E-state index in [9.17, 15) is 19.2 Å². The molecule has 3 aliphatic carbocycles. The van der Waals surface area contributed by atoms with Crippen molar-refractivity contribution in [1.82, 2.24) is 0 Å². The van der Waals surface area contributed by atoms with E-state index in [1.54, 1.807) is 0 Å². The van der Waals surface area contributed by atoms with E-state index in [2.05, 4.69) is 0 Å². The first kappa shape index (κ1) is 19.7. The second kappa shape index (κ2) is 6.73. The van der Waals surface area contributed by atoms with Gasteiger partial charge in [-0.15, -0.1) is 0 Å². The number of carbonyl (C=O) groups excluding carboxylic acids is 4. The third-order valence-corrected chi connectivity index (χ3v) is 8.08. The van der Waals surface area contributed by atoms with Gasteiger partial charge in [-0.25, -0.2) is 0 Å². The molecule has 7 heteroatoms. The highest BCUT2D eigenvalue weighted by Gasteiger charge is 2.75. The predicted octanol–water partition coefficient (Wildman–Crippen LogP) is 1.85. The van der Waals surface area contributed by atoms with E-state index in [1.165, 1.54) is 7.11 Å². The monoisotopic (exact) mass is 392 g/mol. The lowest BCUT2D eigenvalue weighted by molar-refractivity contribution is -0.265. The highest BCUT2D eigenvalue weighted by atomic mass is 16.7. The van der Waals surface area contributed by atoms with Crippen LogP contribution < -0.4 is 0 Å². The number of Topliss-reactive ketones (excluding diaryl/α,β-unsaturated/α-hetero) is 2. The summed E-state index contributed by atoms with van der Waals surface area (Å²) in [5.41, 5.74) is -2.36. The lowest BCUT2D eigenvalue weighted by Gasteiger charge is -2.62. The summed E-state index contributed by atoms with van der Waals surface area (Å²) in [6.45, 7) is 2.61. The van der Waals surface area contributed by atoms with Crippen LogP contribution in [0.25, 0.3) is 0 Å². The lowest BCUT2D eigenvalue weighted by Crippen LogP contribution is -2.71. The van der Waals surface area contributed by atoms with Gasteiger partial charge < -0.3 is 19.0 Å². The van der Waals surface area contributed by atoms with Gasteiger partial charge in [0.1, 0.15) is 17.5 Å². The second-order valence-corrected chi connectivity index (χ2v) is 8.84. The Bertz CT molecular complexity index is 700. The van der Waals surface area contributed by atoms with Crippen molar-refractivity contribution in [2.45, 2.75) is 57.7 Å². The van der Waals surface area contributed by atoms with Gasteiger partial charge in [0.05, 0.1) is 20.3 Å². The highest BCUT2D eigenvalue weighted by Crippen LogP contribution is 2.66. The zero-order valence-corrected chi connectivity index (χ0v) is 16.5. The smallest absolute Gasteiger partial charge is 0.320 e. The zero-order chi connectivity index (χ0) is 20.2. The number of methoxy groups -OCH3 is 1. The van der Waals surface area contributed by atoms with Crippen LogP contribution in [0.1, 0.15) is 51.9 Å². The van der Waals surface area contributed by atoms with Crippen LogP contribution in [0.3, 0.4) is 0 Å². The molecule has 0 radical (unpaired) electrons. The van der Waals surface area contributed by atoms with Crippen LogP contribution in [-0.4, -0.2) is 49.9 Å². The van der Waals surface area contributed by atoms with Gasteiger partial charge in [-0.3, -0.25) is 14.4 Å². The molecule has 5 unspecified atom stereocenters. The molecule has 0 N–H and O–H groups in total. The van der Waals surface area contributed by atoms with Gasteiger partial charge in [-0.2, -0.15) is 0 Å². The Kier molecular flexibility index (Phi) is 4.74. The quantitative estimate of drug-likeness (QED) is 0.411. The maximum atomic E-state index is 13.5. The minimum Gasteiger partial charge on any atom is -0.468 e. The van der Waals surface area contributed by atoms with E-state index in [1.807, 2.05) is 6.92 Å². The van der Waals surface area contributed by atoms with Crippen LogP contribution in [0.5, 0.6) is 0 Å². The number of carbonyl (C=O) groups is 4. The molecule has 3 saturated carbocycles. The molecule has 1 heterocycles. The topological polar surface area (TPSA) is 96.0 Å². The van der Waals surface area contributed by atoms with Crippen LogP contribution in [0.4, 0.5) is 0 Å². The minimum absolute atomic E-state index is 0.00162. The van der Waals surface area contributed by atoms with Gasteiger partial charge >= 0.3 is 5.97 Å². The molecule has 5 atom stereocenters. The van der Waals surface area contributed by atoms with E-state index in [0.717, 1.165) is 19.1 Å². The average Bonchev–Trinajstić information content (AvgIpc) is 3.16. The normalized spacial score (nSPS) is 42.0. The first-order chi connectivity index (χ1) is 13.4. The van der Waals surface area contributed by atoms with Crippen molar-refractivity contribution in [3.05, 3.63) is 0 Å². The molecule has 4 aliphatic rings. The van der Waals surface area contributed by atoms with Crippen LogP contribution in [-0.2, 0) is 33.4 Å². The predicted molar refractivity (Wildman–Crippen MR) is 96.1 cm³/mol. The van der Waals surface area contributed by atoms with Crippen molar-refractivity contribution in [2.75, 3.05) is 20.3 Å². The number of esters is 1. The Morgan fingerprint density at radius 3 is 2.54 bits per heavy atom. The summed E-state index contributed by atoms with van der Waals surface area (Å²) in [6, 6.07) is 0. The molecular formula is C21H28O7. The van der Waals surface area contributed by atoms with Crippen molar-refractivity contribution in [2.24, 2.45) is 28.6 Å². The number of ketones is 2. The zero-order valence-electron chi connectivity index (χ0n) is 16.5. The lowest BCUT2D eigenvalue weighted by atomic mass is 9.40. The van der Waals surface area contributed by atoms with Crippen molar-refractivity contribution >= 4 is 23.8 Å². The van der Waals surface area contributed by atoms with Gasteiger partial charge in [0.15, 0.2) is 11.6 Å². The molecule has 0 aromatic carbocycles.